The predicted molar refractivity (Wildman–Crippen MR) is 254 cm³/mol. The molecule has 0 bridgehead atoms. The molecule has 290 valence electrons. The van der Waals surface area contributed by atoms with Gasteiger partial charge in [0.2, 0.25) is 0 Å². The summed E-state index contributed by atoms with van der Waals surface area (Å²) in [5.41, 5.74) is 15.9. The monoisotopic (exact) mass is 791 g/mol. The van der Waals surface area contributed by atoms with Gasteiger partial charge in [-0.15, -0.1) is 0 Å². The third-order valence-corrected chi connectivity index (χ3v) is 13.1. The maximum absolute atomic E-state index is 7.27. The lowest BCUT2D eigenvalue weighted by Crippen LogP contribution is -2.32. The molecule has 1 aromatic heterocycles. The Morgan fingerprint density at radius 3 is 1.69 bits per heavy atom. The number of hydrogen-bond donors (Lipinski definition) is 0. The molecule has 0 N–H and O–H groups in total. The van der Waals surface area contributed by atoms with Gasteiger partial charge in [0.05, 0.1) is 11.1 Å². The van der Waals surface area contributed by atoms with Gasteiger partial charge in [0, 0.05) is 38.8 Å². The van der Waals surface area contributed by atoms with Crippen molar-refractivity contribution in [2.24, 2.45) is 0 Å². The largest absolute Gasteiger partial charge is 0.457 e. The van der Waals surface area contributed by atoms with E-state index in [1.807, 2.05) is 0 Å². The van der Waals surface area contributed by atoms with Crippen molar-refractivity contribution < 1.29 is 9.15 Å². The average Bonchev–Trinajstić information content (AvgIpc) is 3.88. The number of benzene rings is 10. The van der Waals surface area contributed by atoms with Crippen LogP contribution in [0.3, 0.4) is 0 Å². The Morgan fingerprint density at radius 1 is 0.355 bits per heavy atom. The summed E-state index contributed by atoms with van der Waals surface area (Å²) >= 11 is 0. The zero-order chi connectivity index (χ0) is 40.8. The number of furan rings is 1. The summed E-state index contributed by atoms with van der Waals surface area (Å²) < 4.78 is 14.1. The molecule has 1 aliphatic carbocycles. The molecular weight excluding hydrogens is 755 g/mol. The molecule has 13 rings (SSSR count). The Bertz CT molecular complexity index is 3500. The fourth-order valence-electron chi connectivity index (χ4n) is 10.5. The number of fused-ring (bicyclic) bond motifs is 14. The van der Waals surface area contributed by atoms with E-state index in [0.29, 0.717) is 0 Å². The molecule has 2 aliphatic rings. The van der Waals surface area contributed by atoms with E-state index < -0.39 is 5.41 Å². The van der Waals surface area contributed by atoms with Crippen LogP contribution >= 0.6 is 0 Å². The fourth-order valence-corrected chi connectivity index (χ4v) is 10.5. The van der Waals surface area contributed by atoms with Crippen molar-refractivity contribution in [2.45, 2.75) is 5.41 Å². The molecule has 3 heteroatoms. The molecule has 2 heterocycles. The highest BCUT2D eigenvalue weighted by atomic mass is 16.5. The van der Waals surface area contributed by atoms with Gasteiger partial charge in [0.1, 0.15) is 17.1 Å². The highest BCUT2D eigenvalue weighted by molar-refractivity contribution is 6.24. The fraction of sp³-hybridized carbons (Fsp3) is 0.0169. The summed E-state index contributed by atoms with van der Waals surface area (Å²) in [6, 6.07) is 80.6. The molecule has 0 saturated carbocycles. The normalized spacial score (nSPS) is 13.1. The van der Waals surface area contributed by atoms with Crippen LogP contribution in [0.15, 0.2) is 229 Å². The van der Waals surface area contributed by atoms with Crippen LogP contribution in [-0.4, -0.2) is 0 Å². The third-order valence-electron chi connectivity index (χ3n) is 13.1. The minimum absolute atomic E-state index is 0.606. The van der Waals surface area contributed by atoms with E-state index in [4.69, 9.17) is 9.15 Å². The molecule has 0 atom stereocenters. The molecule has 1 spiro atoms. The van der Waals surface area contributed by atoms with Crippen molar-refractivity contribution in [2.75, 3.05) is 4.90 Å². The molecule has 1 aliphatic heterocycles. The summed E-state index contributed by atoms with van der Waals surface area (Å²) in [6.07, 6.45) is 0. The van der Waals surface area contributed by atoms with Gasteiger partial charge in [-0.05, 0) is 98.2 Å². The van der Waals surface area contributed by atoms with Gasteiger partial charge in [0.15, 0.2) is 5.58 Å². The summed E-state index contributed by atoms with van der Waals surface area (Å²) in [5.74, 6) is 1.72. The second kappa shape index (κ2) is 13.4. The highest BCUT2D eigenvalue weighted by Gasteiger charge is 2.51. The quantitative estimate of drug-likeness (QED) is 0.174. The topological polar surface area (TPSA) is 25.6 Å². The second-order valence-electron chi connectivity index (χ2n) is 16.3. The molecule has 0 saturated heterocycles. The summed E-state index contributed by atoms with van der Waals surface area (Å²) in [6.45, 7) is 0. The number of hydrogen-bond acceptors (Lipinski definition) is 3. The van der Waals surface area contributed by atoms with E-state index in [1.54, 1.807) is 0 Å². The lowest BCUT2D eigenvalue weighted by molar-refractivity contribution is 0.436. The number of para-hydroxylation sites is 2. The van der Waals surface area contributed by atoms with Gasteiger partial charge in [-0.3, -0.25) is 0 Å². The third kappa shape index (κ3) is 4.94. The SMILES string of the molecule is c1ccc(-c2ccc(N(c3ccc4c(c3)C3(c5ccccc5O4)c4ccccc4-c4ccccc43)c3cccc4c3oc3c(-c5ccccc5)cc5ccccc5c34)cc2)cc1. The van der Waals surface area contributed by atoms with E-state index >= 15 is 0 Å². The number of nitrogens with zero attached hydrogens (tertiary/aromatic N) is 1. The van der Waals surface area contributed by atoms with Crippen LogP contribution in [0, 0.1) is 0 Å². The minimum atomic E-state index is -0.606. The number of ether oxygens (including phenoxy) is 1. The summed E-state index contributed by atoms with van der Waals surface area (Å²) in [4.78, 5) is 2.37. The van der Waals surface area contributed by atoms with E-state index in [1.165, 1.54) is 38.6 Å². The first-order valence-corrected chi connectivity index (χ1v) is 21.2. The van der Waals surface area contributed by atoms with Gasteiger partial charge in [-0.1, -0.05) is 176 Å². The van der Waals surface area contributed by atoms with Crippen molar-refractivity contribution in [3.05, 3.63) is 247 Å². The summed E-state index contributed by atoms with van der Waals surface area (Å²) in [7, 11) is 0. The van der Waals surface area contributed by atoms with Crippen LogP contribution in [-0.2, 0) is 5.41 Å². The van der Waals surface area contributed by atoms with Crippen molar-refractivity contribution in [3.8, 4) is 44.9 Å². The second-order valence-corrected chi connectivity index (χ2v) is 16.3. The molecule has 11 aromatic rings. The van der Waals surface area contributed by atoms with Crippen molar-refractivity contribution >= 4 is 49.8 Å². The smallest absolute Gasteiger partial charge is 0.159 e. The first-order chi connectivity index (χ1) is 30.8. The van der Waals surface area contributed by atoms with Crippen molar-refractivity contribution in [1.82, 2.24) is 0 Å². The van der Waals surface area contributed by atoms with Crippen molar-refractivity contribution in [3.63, 3.8) is 0 Å². The zero-order valence-electron chi connectivity index (χ0n) is 33.6. The lowest BCUT2D eigenvalue weighted by Gasteiger charge is -2.40. The maximum Gasteiger partial charge on any atom is 0.159 e. The highest BCUT2D eigenvalue weighted by Crippen LogP contribution is 2.62. The Hall–Kier alpha value is -8.14. The van der Waals surface area contributed by atoms with Gasteiger partial charge in [-0.25, -0.2) is 0 Å². The van der Waals surface area contributed by atoms with Crippen LogP contribution in [0.1, 0.15) is 22.3 Å². The Morgan fingerprint density at radius 2 is 0.935 bits per heavy atom. The molecule has 0 radical (unpaired) electrons. The minimum Gasteiger partial charge on any atom is -0.457 e. The molecule has 0 amide bonds. The Balaban J connectivity index is 1.10. The molecule has 10 aromatic carbocycles. The number of rotatable bonds is 5. The average molecular weight is 792 g/mol. The molecule has 0 fully saturated rings. The molecule has 62 heavy (non-hydrogen) atoms. The summed E-state index contributed by atoms with van der Waals surface area (Å²) in [5, 5.41) is 4.54. The van der Waals surface area contributed by atoms with Crippen molar-refractivity contribution in [1.29, 1.82) is 0 Å². The van der Waals surface area contributed by atoms with Crippen LogP contribution in [0.4, 0.5) is 17.1 Å². The molecular formula is C59H37NO2. The standard InChI is InChI=1S/C59H37NO2/c1-3-16-38(17-4-1)39-30-32-42(33-31-39)60(53-28-15-24-47-56-44-21-8-7-20-41(44)36-48(58(56)62-57(47)53)40-18-5-2-6-19-40)43-34-35-55-52(37-43)59(51-27-13-14-29-54(51)61-55)49-25-11-9-22-45(49)46-23-10-12-26-50(46)59/h1-37H. The maximum atomic E-state index is 7.27. The van der Waals surface area contributed by atoms with E-state index in [-0.39, 0.29) is 0 Å². The first kappa shape index (κ1) is 34.7. The Labute approximate surface area is 359 Å². The lowest BCUT2D eigenvalue weighted by atomic mass is 9.66. The molecule has 3 nitrogen and oxygen atoms in total. The van der Waals surface area contributed by atoms with Crippen LogP contribution in [0.5, 0.6) is 11.5 Å². The van der Waals surface area contributed by atoms with Gasteiger partial charge in [-0.2, -0.15) is 0 Å². The Kier molecular flexibility index (Phi) is 7.52. The predicted octanol–water partition coefficient (Wildman–Crippen LogP) is 16.0. The van der Waals surface area contributed by atoms with Gasteiger partial charge in [0.25, 0.3) is 0 Å². The van der Waals surface area contributed by atoms with E-state index in [0.717, 1.165) is 78.3 Å². The zero-order valence-corrected chi connectivity index (χ0v) is 33.6. The van der Waals surface area contributed by atoms with Crippen LogP contribution in [0.2, 0.25) is 0 Å². The van der Waals surface area contributed by atoms with Gasteiger partial charge < -0.3 is 14.1 Å². The van der Waals surface area contributed by atoms with E-state index in [2.05, 4.69) is 229 Å². The first-order valence-electron chi connectivity index (χ1n) is 21.2. The van der Waals surface area contributed by atoms with Gasteiger partial charge >= 0.3 is 0 Å². The molecule has 0 unspecified atom stereocenters. The number of anilines is 3. The van der Waals surface area contributed by atoms with E-state index in [9.17, 15) is 0 Å². The van der Waals surface area contributed by atoms with Crippen LogP contribution in [0.25, 0.3) is 66.1 Å². The van der Waals surface area contributed by atoms with Crippen LogP contribution < -0.4 is 9.64 Å².